The van der Waals surface area contributed by atoms with Crippen LogP contribution in [0, 0.1) is 0 Å². The number of pyridine rings is 1. The van der Waals surface area contributed by atoms with E-state index in [0.29, 0.717) is 6.79 Å². The summed E-state index contributed by atoms with van der Waals surface area (Å²) in [6.07, 6.45) is 2.95. The molecule has 0 bridgehead atoms. The number of benzene rings is 1. The molecular formula is C15H17BrN2O2. The van der Waals surface area contributed by atoms with E-state index >= 15 is 0 Å². The molecule has 0 aliphatic carbocycles. The second-order valence-corrected chi connectivity index (χ2v) is 5.48. The molecule has 1 aromatic heterocycles. The molecule has 3 rings (SSSR count). The van der Waals surface area contributed by atoms with Crippen LogP contribution in [0.2, 0.25) is 0 Å². The summed E-state index contributed by atoms with van der Waals surface area (Å²) in [7, 11) is 0. The fourth-order valence-corrected chi connectivity index (χ4v) is 2.71. The molecular weight excluding hydrogens is 320 g/mol. The zero-order valence-corrected chi connectivity index (χ0v) is 13.0. The van der Waals surface area contributed by atoms with Crippen LogP contribution in [0.1, 0.15) is 13.3 Å². The Morgan fingerprint density at radius 3 is 2.85 bits per heavy atom. The molecule has 0 fully saturated rings. The average Bonchev–Trinajstić information content (AvgIpc) is 2.93. The Morgan fingerprint density at radius 1 is 1.30 bits per heavy atom. The number of rotatable bonds is 5. The van der Waals surface area contributed by atoms with Crippen molar-refractivity contribution in [3.63, 3.8) is 0 Å². The van der Waals surface area contributed by atoms with Crippen molar-refractivity contribution >= 4 is 32.5 Å². The smallest absolute Gasteiger partial charge is 0.231 e. The summed E-state index contributed by atoms with van der Waals surface area (Å²) in [5.41, 5.74) is 0. The van der Waals surface area contributed by atoms with Crippen molar-refractivity contribution in [3.8, 4) is 11.5 Å². The number of hydrogen-bond donors (Lipinski definition) is 0. The minimum atomic E-state index is 0.301. The highest BCUT2D eigenvalue weighted by Crippen LogP contribution is 2.38. The second kappa shape index (κ2) is 5.87. The van der Waals surface area contributed by atoms with Crippen LogP contribution < -0.4 is 14.4 Å². The van der Waals surface area contributed by atoms with Crippen LogP contribution in [0.15, 0.2) is 24.4 Å². The molecule has 4 nitrogen and oxygen atoms in total. The van der Waals surface area contributed by atoms with Gasteiger partial charge in [-0.15, -0.1) is 0 Å². The Morgan fingerprint density at radius 2 is 2.10 bits per heavy atom. The van der Waals surface area contributed by atoms with E-state index in [0.717, 1.165) is 52.9 Å². The number of hydrogen-bond acceptors (Lipinski definition) is 4. The van der Waals surface area contributed by atoms with Crippen molar-refractivity contribution < 1.29 is 9.47 Å². The minimum absolute atomic E-state index is 0.301. The van der Waals surface area contributed by atoms with Crippen LogP contribution in [0.25, 0.3) is 10.8 Å². The molecule has 5 heteroatoms. The molecule has 0 saturated heterocycles. The molecule has 1 aliphatic rings. The van der Waals surface area contributed by atoms with Crippen LogP contribution in [-0.2, 0) is 0 Å². The maximum atomic E-state index is 5.48. The molecule has 0 amide bonds. The number of ether oxygens (including phenoxy) is 2. The summed E-state index contributed by atoms with van der Waals surface area (Å²) in [6.45, 7) is 4.38. The molecule has 0 unspecified atom stereocenters. The van der Waals surface area contributed by atoms with Crippen LogP contribution >= 0.6 is 15.9 Å². The molecule has 0 spiro atoms. The topological polar surface area (TPSA) is 34.6 Å². The lowest BCUT2D eigenvalue weighted by Crippen LogP contribution is -2.25. The van der Waals surface area contributed by atoms with Crippen molar-refractivity contribution in [1.29, 1.82) is 0 Å². The first-order chi connectivity index (χ1) is 9.83. The predicted octanol–water partition coefficient (Wildman–Crippen LogP) is 3.57. The van der Waals surface area contributed by atoms with Gasteiger partial charge in [0.2, 0.25) is 6.79 Å². The molecule has 2 aromatic rings. The van der Waals surface area contributed by atoms with Gasteiger partial charge in [-0.2, -0.15) is 0 Å². The van der Waals surface area contributed by atoms with Gasteiger partial charge in [-0.05, 0) is 36.9 Å². The van der Waals surface area contributed by atoms with Gasteiger partial charge in [0.05, 0.1) is 0 Å². The average molecular weight is 337 g/mol. The van der Waals surface area contributed by atoms with Crippen molar-refractivity contribution in [2.45, 2.75) is 13.3 Å². The fourth-order valence-electron chi connectivity index (χ4n) is 2.46. The van der Waals surface area contributed by atoms with Gasteiger partial charge in [0.1, 0.15) is 5.82 Å². The van der Waals surface area contributed by atoms with Gasteiger partial charge >= 0.3 is 0 Å². The van der Waals surface area contributed by atoms with Gasteiger partial charge in [0.15, 0.2) is 11.5 Å². The minimum Gasteiger partial charge on any atom is -0.454 e. The maximum absolute atomic E-state index is 5.48. The highest BCUT2D eigenvalue weighted by molar-refractivity contribution is 9.09. The third kappa shape index (κ3) is 2.42. The zero-order chi connectivity index (χ0) is 13.9. The normalized spacial score (nSPS) is 12.9. The fraction of sp³-hybridized carbons (Fsp3) is 0.400. The standard InChI is InChI=1S/C15H17BrN2O2/c1-2-18(7-3-5-16)15-12-9-14-13(19-10-20-14)8-11(12)4-6-17-15/h4,6,8-9H,2-3,5,7,10H2,1H3. The molecule has 0 atom stereocenters. The third-order valence-corrected chi connectivity index (χ3v) is 4.04. The summed E-state index contributed by atoms with van der Waals surface area (Å²) in [6, 6.07) is 6.08. The van der Waals surface area contributed by atoms with Gasteiger partial charge in [-0.25, -0.2) is 4.98 Å². The Hall–Kier alpha value is -1.49. The van der Waals surface area contributed by atoms with E-state index in [9.17, 15) is 0 Å². The predicted molar refractivity (Wildman–Crippen MR) is 84.2 cm³/mol. The zero-order valence-electron chi connectivity index (χ0n) is 11.4. The largest absolute Gasteiger partial charge is 0.454 e. The molecule has 106 valence electrons. The number of halogens is 1. The van der Waals surface area contributed by atoms with E-state index in [-0.39, 0.29) is 0 Å². The molecule has 2 heterocycles. The molecule has 0 radical (unpaired) electrons. The molecule has 1 aliphatic heterocycles. The van der Waals surface area contributed by atoms with Gasteiger partial charge in [0, 0.05) is 30.0 Å². The molecule has 0 N–H and O–H groups in total. The van der Waals surface area contributed by atoms with Crippen molar-refractivity contribution in [2.24, 2.45) is 0 Å². The van der Waals surface area contributed by atoms with E-state index < -0.39 is 0 Å². The van der Waals surface area contributed by atoms with Crippen LogP contribution in [0.5, 0.6) is 11.5 Å². The Bertz CT molecular complexity index is 618. The third-order valence-electron chi connectivity index (χ3n) is 3.48. The lowest BCUT2D eigenvalue weighted by Gasteiger charge is -2.23. The highest BCUT2D eigenvalue weighted by atomic mass is 79.9. The number of nitrogens with zero attached hydrogens (tertiary/aromatic N) is 2. The quantitative estimate of drug-likeness (QED) is 0.781. The number of anilines is 1. The van der Waals surface area contributed by atoms with Gasteiger partial charge < -0.3 is 14.4 Å². The van der Waals surface area contributed by atoms with Crippen LogP contribution in [0.3, 0.4) is 0 Å². The first-order valence-corrected chi connectivity index (χ1v) is 7.95. The van der Waals surface area contributed by atoms with Crippen molar-refractivity contribution in [3.05, 3.63) is 24.4 Å². The summed E-state index contributed by atoms with van der Waals surface area (Å²) in [4.78, 5) is 6.87. The molecule has 20 heavy (non-hydrogen) atoms. The SMILES string of the molecule is CCN(CCCBr)c1nccc2cc3c(cc12)OCO3. The highest BCUT2D eigenvalue weighted by Gasteiger charge is 2.17. The molecule has 0 saturated carbocycles. The van der Waals surface area contributed by atoms with E-state index in [1.54, 1.807) is 0 Å². The van der Waals surface area contributed by atoms with Crippen molar-refractivity contribution in [1.82, 2.24) is 4.98 Å². The van der Waals surface area contributed by atoms with E-state index in [1.165, 1.54) is 0 Å². The van der Waals surface area contributed by atoms with Gasteiger partial charge in [-0.3, -0.25) is 0 Å². The lowest BCUT2D eigenvalue weighted by molar-refractivity contribution is 0.174. The number of alkyl halides is 1. The lowest BCUT2D eigenvalue weighted by atomic mass is 10.1. The van der Waals surface area contributed by atoms with E-state index in [2.05, 4.69) is 32.7 Å². The van der Waals surface area contributed by atoms with Gasteiger partial charge in [-0.1, -0.05) is 15.9 Å². The molecule has 1 aromatic carbocycles. The van der Waals surface area contributed by atoms with E-state index in [4.69, 9.17) is 9.47 Å². The second-order valence-electron chi connectivity index (χ2n) is 4.68. The Kier molecular flexibility index (Phi) is 3.96. The first kappa shape index (κ1) is 13.5. The summed E-state index contributed by atoms with van der Waals surface area (Å²) >= 11 is 3.49. The maximum Gasteiger partial charge on any atom is 0.231 e. The summed E-state index contributed by atoms with van der Waals surface area (Å²) in [5, 5.41) is 3.25. The van der Waals surface area contributed by atoms with Crippen LogP contribution in [0.4, 0.5) is 5.82 Å². The summed E-state index contributed by atoms with van der Waals surface area (Å²) < 4.78 is 10.9. The first-order valence-electron chi connectivity index (χ1n) is 6.82. The monoisotopic (exact) mass is 336 g/mol. The number of aromatic nitrogens is 1. The summed E-state index contributed by atoms with van der Waals surface area (Å²) in [5.74, 6) is 2.64. The van der Waals surface area contributed by atoms with Crippen molar-refractivity contribution in [2.75, 3.05) is 30.1 Å². The van der Waals surface area contributed by atoms with Crippen LogP contribution in [-0.4, -0.2) is 30.2 Å². The van der Waals surface area contributed by atoms with E-state index in [1.807, 2.05) is 24.4 Å². The van der Waals surface area contributed by atoms with Gasteiger partial charge in [0.25, 0.3) is 0 Å². The Balaban J connectivity index is 2.06. The Labute approximate surface area is 126 Å². The number of fused-ring (bicyclic) bond motifs is 2.